The van der Waals surface area contributed by atoms with Gasteiger partial charge in [-0.2, -0.15) is 0 Å². The normalized spacial score (nSPS) is 22.9. The first-order chi connectivity index (χ1) is 8.24. The lowest BCUT2D eigenvalue weighted by molar-refractivity contribution is 0.0674. The van der Waals surface area contributed by atoms with E-state index in [9.17, 15) is 5.11 Å². The molecule has 4 heteroatoms. The van der Waals surface area contributed by atoms with Crippen molar-refractivity contribution in [2.75, 3.05) is 0 Å². The van der Waals surface area contributed by atoms with Crippen molar-refractivity contribution in [2.45, 2.75) is 18.6 Å². The summed E-state index contributed by atoms with van der Waals surface area (Å²) in [4.78, 5) is 1.16. The highest BCUT2D eigenvalue weighted by atomic mass is 79.9. The highest BCUT2D eigenvalue weighted by Gasteiger charge is 2.28. The van der Waals surface area contributed by atoms with Crippen LogP contribution in [-0.2, 0) is 0 Å². The zero-order chi connectivity index (χ0) is 11.8. The third-order valence-electron chi connectivity index (χ3n) is 2.90. The largest absolute Gasteiger partial charge is 0.484 e. The maximum absolute atomic E-state index is 10.1. The molecule has 0 saturated carbocycles. The minimum atomic E-state index is -0.445. The molecule has 2 atom stereocenters. The lowest BCUT2D eigenvalue weighted by Gasteiger charge is -2.29. The molecular formula is C13H11BrO2S. The van der Waals surface area contributed by atoms with Gasteiger partial charge in [-0.15, -0.1) is 11.3 Å². The molecule has 0 amide bonds. The van der Waals surface area contributed by atoms with Gasteiger partial charge in [0.15, 0.2) is 0 Å². The second kappa shape index (κ2) is 4.44. The van der Waals surface area contributed by atoms with Crippen LogP contribution in [0.3, 0.4) is 0 Å². The van der Waals surface area contributed by atoms with Crippen molar-refractivity contribution < 1.29 is 9.84 Å². The fraction of sp³-hybridized carbons (Fsp3) is 0.231. The van der Waals surface area contributed by atoms with Crippen molar-refractivity contribution in [3.8, 4) is 5.75 Å². The molecule has 0 aliphatic carbocycles. The van der Waals surface area contributed by atoms with Crippen LogP contribution in [0.25, 0.3) is 0 Å². The van der Waals surface area contributed by atoms with E-state index in [1.807, 2.05) is 35.7 Å². The van der Waals surface area contributed by atoms with Crippen molar-refractivity contribution in [1.29, 1.82) is 0 Å². The van der Waals surface area contributed by atoms with Crippen molar-refractivity contribution in [1.82, 2.24) is 0 Å². The molecule has 1 aliphatic rings. The molecule has 1 aliphatic heterocycles. The van der Waals surface area contributed by atoms with Crippen molar-refractivity contribution in [3.05, 3.63) is 50.6 Å². The highest BCUT2D eigenvalue weighted by Crippen LogP contribution is 2.42. The van der Waals surface area contributed by atoms with Gasteiger partial charge in [-0.05, 0) is 23.6 Å². The summed E-state index contributed by atoms with van der Waals surface area (Å²) in [7, 11) is 0. The summed E-state index contributed by atoms with van der Waals surface area (Å²) >= 11 is 5.08. The van der Waals surface area contributed by atoms with Gasteiger partial charge < -0.3 is 9.84 Å². The zero-order valence-corrected chi connectivity index (χ0v) is 11.4. The summed E-state index contributed by atoms with van der Waals surface area (Å²) in [5.74, 6) is 0.775. The number of hydrogen-bond donors (Lipinski definition) is 1. The van der Waals surface area contributed by atoms with Crippen LogP contribution in [0, 0.1) is 0 Å². The van der Waals surface area contributed by atoms with Gasteiger partial charge in [0, 0.05) is 21.3 Å². The van der Waals surface area contributed by atoms with Crippen LogP contribution >= 0.6 is 27.3 Å². The average Bonchev–Trinajstić information content (AvgIpc) is 2.81. The van der Waals surface area contributed by atoms with E-state index in [0.29, 0.717) is 6.42 Å². The van der Waals surface area contributed by atoms with Gasteiger partial charge in [0.05, 0.1) is 6.10 Å². The molecule has 1 aromatic carbocycles. The van der Waals surface area contributed by atoms with Gasteiger partial charge in [-0.25, -0.2) is 0 Å². The smallest absolute Gasteiger partial charge is 0.136 e. The molecule has 88 valence electrons. The van der Waals surface area contributed by atoms with Crippen LogP contribution in [0.1, 0.15) is 29.1 Å². The van der Waals surface area contributed by atoms with E-state index in [-0.39, 0.29) is 6.10 Å². The number of ether oxygens (including phenoxy) is 1. The van der Waals surface area contributed by atoms with Crippen LogP contribution in [0.15, 0.2) is 40.2 Å². The van der Waals surface area contributed by atoms with E-state index in [1.165, 1.54) is 0 Å². The number of hydrogen-bond acceptors (Lipinski definition) is 3. The van der Waals surface area contributed by atoms with Gasteiger partial charge in [-0.3, -0.25) is 0 Å². The van der Waals surface area contributed by atoms with Crippen LogP contribution in [0.2, 0.25) is 0 Å². The molecule has 1 aromatic heterocycles. The molecule has 0 spiro atoms. The SMILES string of the molecule is O[C@H]1CC(c2cccs2)Oc2cc(Br)ccc21. The van der Waals surface area contributed by atoms with E-state index >= 15 is 0 Å². The maximum Gasteiger partial charge on any atom is 0.136 e. The van der Waals surface area contributed by atoms with Gasteiger partial charge in [-0.1, -0.05) is 28.1 Å². The van der Waals surface area contributed by atoms with Crippen LogP contribution < -0.4 is 4.74 Å². The standard InChI is InChI=1S/C13H11BrO2S/c14-8-3-4-9-10(15)7-12(16-11(9)6-8)13-2-1-5-17-13/h1-6,10,12,15H,7H2/t10-,12?/m0/s1. The van der Waals surface area contributed by atoms with Crippen molar-refractivity contribution in [2.24, 2.45) is 0 Å². The number of halogens is 1. The third-order valence-corrected chi connectivity index (χ3v) is 4.36. The minimum absolute atomic E-state index is 0.0354. The highest BCUT2D eigenvalue weighted by molar-refractivity contribution is 9.10. The van der Waals surface area contributed by atoms with Gasteiger partial charge in [0.1, 0.15) is 11.9 Å². The summed E-state index contributed by atoms with van der Waals surface area (Å²) < 4.78 is 6.92. The Morgan fingerprint density at radius 1 is 1.35 bits per heavy atom. The number of aliphatic hydroxyl groups excluding tert-OH is 1. The van der Waals surface area contributed by atoms with Crippen molar-refractivity contribution >= 4 is 27.3 Å². The molecule has 1 N–H and O–H groups in total. The molecule has 0 bridgehead atoms. The summed E-state index contributed by atoms with van der Waals surface area (Å²) in [5, 5.41) is 12.2. The Balaban J connectivity index is 1.97. The maximum atomic E-state index is 10.1. The van der Waals surface area contributed by atoms with Gasteiger partial charge in [0.2, 0.25) is 0 Å². The number of thiophene rings is 1. The predicted octanol–water partition coefficient (Wildman–Crippen LogP) is 4.07. The Morgan fingerprint density at radius 2 is 2.24 bits per heavy atom. The van der Waals surface area contributed by atoms with Crippen molar-refractivity contribution in [3.63, 3.8) is 0 Å². The van der Waals surface area contributed by atoms with Crippen LogP contribution in [0.4, 0.5) is 0 Å². The second-order valence-corrected chi connectivity index (χ2v) is 5.95. The van der Waals surface area contributed by atoms with Gasteiger partial charge in [0.25, 0.3) is 0 Å². The number of fused-ring (bicyclic) bond motifs is 1. The first kappa shape index (κ1) is 11.3. The summed E-state index contributed by atoms with van der Waals surface area (Å²) in [6, 6.07) is 9.81. The Kier molecular flexibility index (Phi) is 2.94. The molecule has 2 heterocycles. The van der Waals surface area contributed by atoms with E-state index in [2.05, 4.69) is 15.9 Å². The summed E-state index contributed by atoms with van der Waals surface area (Å²) in [6.07, 6.45) is 0.139. The van der Waals surface area contributed by atoms with E-state index in [0.717, 1.165) is 20.7 Å². The number of rotatable bonds is 1. The molecule has 2 nitrogen and oxygen atoms in total. The average molecular weight is 311 g/mol. The van der Waals surface area contributed by atoms with Gasteiger partial charge >= 0.3 is 0 Å². The molecule has 0 fully saturated rings. The monoisotopic (exact) mass is 310 g/mol. The lowest BCUT2D eigenvalue weighted by atomic mass is 9.98. The first-order valence-electron chi connectivity index (χ1n) is 5.41. The predicted molar refractivity (Wildman–Crippen MR) is 71.4 cm³/mol. The Hall–Kier alpha value is -0.840. The van der Waals surface area contributed by atoms with Crippen LogP contribution in [0.5, 0.6) is 5.75 Å². The van der Waals surface area contributed by atoms with Crippen LogP contribution in [-0.4, -0.2) is 5.11 Å². The molecule has 0 radical (unpaired) electrons. The molecular weight excluding hydrogens is 300 g/mol. The summed E-state index contributed by atoms with van der Waals surface area (Å²) in [6.45, 7) is 0. The lowest BCUT2D eigenvalue weighted by Crippen LogP contribution is -2.18. The zero-order valence-electron chi connectivity index (χ0n) is 8.97. The summed E-state index contributed by atoms with van der Waals surface area (Å²) in [5.41, 5.74) is 0.876. The number of benzene rings is 1. The Morgan fingerprint density at radius 3 is 3.00 bits per heavy atom. The minimum Gasteiger partial charge on any atom is -0.484 e. The molecule has 17 heavy (non-hydrogen) atoms. The molecule has 1 unspecified atom stereocenters. The Bertz CT molecular complexity index is 524. The molecule has 2 aromatic rings. The topological polar surface area (TPSA) is 29.5 Å². The molecule has 3 rings (SSSR count). The first-order valence-corrected chi connectivity index (χ1v) is 7.09. The van der Waals surface area contributed by atoms with E-state index in [4.69, 9.17) is 4.74 Å². The quantitative estimate of drug-likeness (QED) is 0.860. The number of aliphatic hydroxyl groups is 1. The van der Waals surface area contributed by atoms with E-state index < -0.39 is 6.10 Å². The fourth-order valence-electron chi connectivity index (χ4n) is 2.07. The Labute approximate surface area is 112 Å². The fourth-order valence-corrected chi connectivity index (χ4v) is 3.17. The van der Waals surface area contributed by atoms with E-state index in [1.54, 1.807) is 11.3 Å². The third kappa shape index (κ3) is 2.12. The molecule has 0 saturated heterocycles. The second-order valence-electron chi connectivity index (χ2n) is 4.06.